The standard InChI is InChI=1S/C25H32N2O5S/c28-24(12-7-13-25(29)32-20-8-11-21-9-3-1-4-10-21)26-22-14-16-23(17-15-22)33(30,31)27-18-5-2-6-19-27/h1,3-4,9-10,14-17H,2,5-8,11-13,18-20H2,(H,26,28). The molecule has 0 radical (unpaired) electrons. The van der Waals surface area contributed by atoms with Crippen molar-refractivity contribution in [2.24, 2.45) is 0 Å². The van der Waals surface area contributed by atoms with Gasteiger partial charge in [-0.25, -0.2) is 8.42 Å². The normalized spacial score (nSPS) is 14.5. The Bertz CT molecular complexity index is 1000. The van der Waals surface area contributed by atoms with Crippen molar-refractivity contribution in [1.29, 1.82) is 0 Å². The molecule has 3 rings (SSSR count). The molecule has 1 amide bonds. The topological polar surface area (TPSA) is 92.8 Å². The molecule has 0 unspecified atom stereocenters. The van der Waals surface area contributed by atoms with Gasteiger partial charge in [-0.15, -0.1) is 0 Å². The summed E-state index contributed by atoms with van der Waals surface area (Å²) in [6.07, 6.45) is 5.21. The number of benzene rings is 2. The van der Waals surface area contributed by atoms with Gasteiger partial charge in [0.05, 0.1) is 11.5 Å². The van der Waals surface area contributed by atoms with Crippen LogP contribution >= 0.6 is 0 Å². The third-order valence-electron chi connectivity index (χ3n) is 5.59. The molecule has 0 saturated carbocycles. The van der Waals surface area contributed by atoms with Crippen LogP contribution in [0.15, 0.2) is 59.5 Å². The first kappa shape index (κ1) is 24.9. The molecule has 2 aromatic carbocycles. The number of sulfonamides is 1. The highest BCUT2D eigenvalue weighted by Crippen LogP contribution is 2.22. The predicted molar refractivity (Wildman–Crippen MR) is 127 cm³/mol. The number of rotatable bonds is 11. The summed E-state index contributed by atoms with van der Waals surface area (Å²) in [7, 11) is -3.49. The number of hydrogen-bond donors (Lipinski definition) is 1. The third kappa shape index (κ3) is 7.98. The molecule has 1 heterocycles. The first-order valence-electron chi connectivity index (χ1n) is 11.5. The van der Waals surface area contributed by atoms with Crippen molar-refractivity contribution < 1.29 is 22.7 Å². The predicted octanol–water partition coefficient (Wildman–Crippen LogP) is 4.15. The number of piperidine rings is 1. The second kappa shape index (κ2) is 12.5. The smallest absolute Gasteiger partial charge is 0.305 e. The van der Waals surface area contributed by atoms with E-state index in [1.807, 2.05) is 30.3 Å². The third-order valence-corrected chi connectivity index (χ3v) is 7.50. The molecule has 33 heavy (non-hydrogen) atoms. The largest absolute Gasteiger partial charge is 0.466 e. The summed E-state index contributed by atoms with van der Waals surface area (Å²) in [6.45, 7) is 1.47. The van der Waals surface area contributed by atoms with Gasteiger partial charge in [0.25, 0.3) is 0 Å². The number of ether oxygens (including phenoxy) is 1. The Labute approximate surface area is 196 Å². The van der Waals surface area contributed by atoms with Crippen LogP contribution in [-0.2, 0) is 30.8 Å². The van der Waals surface area contributed by atoms with Crippen molar-refractivity contribution in [3.8, 4) is 0 Å². The molecule has 1 N–H and O–H groups in total. The fourth-order valence-corrected chi connectivity index (χ4v) is 5.28. The van der Waals surface area contributed by atoms with Gasteiger partial charge in [-0.05, 0) is 61.9 Å². The first-order chi connectivity index (χ1) is 15.9. The number of amides is 1. The zero-order chi connectivity index (χ0) is 23.5. The van der Waals surface area contributed by atoms with E-state index in [1.54, 1.807) is 12.1 Å². The number of aryl methyl sites for hydroxylation is 1. The van der Waals surface area contributed by atoms with Crippen LogP contribution in [0, 0.1) is 0 Å². The molecule has 178 valence electrons. The van der Waals surface area contributed by atoms with Crippen LogP contribution in [0.4, 0.5) is 5.69 Å². The monoisotopic (exact) mass is 472 g/mol. The molecular formula is C25H32N2O5S. The van der Waals surface area contributed by atoms with E-state index in [4.69, 9.17) is 4.74 Å². The lowest BCUT2D eigenvalue weighted by Crippen LogP contribution is -2.35. The second-order valence-corrected chi connectivity index (χ2v) is 10.1. The molecule has 0 aromatic heterocycles. The van der Waals surface area contributed by atoms with Gasteiger partial charge in [-0.1, -0.05) is 36.8 Å². The van der Waals surface area contributed by atoms with Gasteiger partial charge < -0.3 is 10.1 Å². The van der Waals surface area contributed by atoms with Crippen LogP contribution in [0.3, 0.4) is 0 Å². The summed E-state index contributed by atoms with van der Waals surface area (Å²) in [5, 5.41) is 2.74. The molecule has 0 atom stereocenters. The van der Waals surface area contributed by atoms with E-state index in [1.165, 1.54) is 22.0 Å². The van der Waals surface area contributed by atoms with Crippen molar-refractivity contribution >= 4 is 27.6 Å². The summed E-state index contributed by atoms with van der Waals surface area (Å²) in [5.41, 5.74) is 1.74. The van der Waals surface area contributed by atoms with E-state index in [-0.39, 0.29) is 29.6 Å². The average Bonchev–Trinajstić information content (AvgIpc) is 2.83. The maximum Gasteiger partial charge on any atom is 0.305 e. The lowest BCUT2D eigenvalue weighted by atomic mass is 10.1. The summed E-state index contributed by atoms with van der Waals surface area (Å²) in [4.78, 5) is 24.2. The summed E-state index contributed by atoms with van der Waals surface area (Å²) in [6, 6.07) is 16.2. The zero-order valence-corrected chi connectivity index (χ0v) is 19.7. The molecule has 0 bridgehead atoms. The first-order valence-corrected chi connectivity index (χ1v) is 13.0. The minimum Gasteiger partial charge on any atom is -0.466 e. The van der Waals surface area contributed by atoms with Crippen LogP contribution in [0.25, 0.3) is 0 Å². The zero-order valence-electron chi connectivity index (χ0n) is 18.9. The van der Waals surface area contributed by atoms with Crippen molar-refractivity contribution in [2.45, 2.75) is 56.3 Å². The fraction of sp³-hybridized carbons (Fsp3) is 0.440. The van der Waals surface area contributed by atoms with Gasteiger partial charge in [0.2, 0.25) is 15.9 Å². The van der Waals surface area contributed by atoms with Crippen LogP contribution in [0.2, 0.25) is 0 Å². The Morgan fingerprint density at radius 1 is 0.879 bits per heavy atom. The second-order valence-electron chi connectivity index (χ2n) is 8.20. The molecule has 1 fully saturated rings. The average molecular weight is 473 g/mol. The Kier molecular flexibility index (Phi) is 9.45. The van der Waals surface area contributed by atoms with Gasteiger partial charge in [0.15, 0.2) is 0 Å². The number of nitrogens with zero attached hydrogens (tertiary/aromatic N) is 1. The summed E-state index contributed by atoms with van der Waals surface area (Å²) < 4.78 is 32.1. The number of carbonyl (C=O) groups excluding carboxylic acids is 2. The highest BCUT2D eigenvalue weighted by molar-refractivity contribution is 7.89. The summed E-state index contributed by atoms with van der Waals surface area (Å²) in [5.74, 6) is -0.526. The van der Waals surface area contributed by atoms with E-state index in [0.29, 0.717) is 31.8 Å². The number of esters is 1. The van der Waals surface area contributed by atoms with Gasteiger partial charge >= 0.3 is 5.97 Å². The van der Waals surface area contributed by atoms with Crippen LogP contribution in [0.1, 0.15) is 50.5 Å². The molecule has 0 spiro atoms. The maximum absolute atomic E-state index is 12.7. The minimum absolute atomic E-state index is 0.186. The molecule has 7 nitrogen and oxygen atoms in total. The molecule has 8 heteroatoms. The van der Waals surface area contributed by atoms with E-state index >= 15 is 0 Å². The molecule has 1 saturated heterocycles. The van der Waals surface area contributed by atoms with Crippen molar-refractivity contribution in [3.05, 3.63) is 60.2 Å². The maximum atomic E-state index is 12.7. The highest BCUT2D eigenvalue weighted by atomic mass is 32.2. The number of hydrogen-bond acceptors (Lipinski definition) is 5. The van der Waals surface area contributed by atoms with Crippen molar-refractivity contribution in [3.63, 3.8) is 0 Å². The van der Waals surface area contributed by atoms with Crippen LogP contribution < -0.4 is 5.32 Å². The van der Waals surface area contributed by atoms with Gasteiger partial charge in [0.1, 0.15) is 0 Å². The van der Waals surface area contributed by atoms with Gasteiger partial charge in [0, 0.05) is 31.6 Å². The van der Waals surface area contributed by atoms with E-state index in [2.05, 4.69) is 5.32 Å². The lowest BCUT2D eigenvalue weighted by Gasteiger charge is -2.25. The quantitative estimate of drug-likeness (QED) is 0.392. The molecule has 1 aliphatic heterocycles. The Hall–Kier alpha value is -2.71. The van der Waals surface area contributed by atoms with Crippen molar-refractivity contribution in [1.82, 2.24) is 4.31 Å². The minimum atomic E-state index is -3.49. The lowest BCUT2D eigenvalue weighted by molar-refractivity contribution is -0.143. The Morgan fingerprint density at radius 2 is 1.58 bits per heavy atom. The molecule has 2 aromatic rings. The van der Waals surface area contributed by atoms with Crippen molar-refractivity contribution in [2.75, 3.05) is 25.0 Å². The molecule has 1 aliphatic rings. The fourth-order valence-electron chi connectivity index (χ4n) is 3.76. The van der Waals surface area contributed by atoms with E-state index in [0.717, 1.165) is 32.1 Å². The van der Waals surface area contributed by atoms with E-state index in [9.17, 15) is 18.0 Å². The summed E-state index contributed by atoms with van der Waals surface area (Å²) >= 11 is 0. The number of nitrogens with one attached hydrogen (secondary N) is 1. The molecular weight excluding hydrogens is 440 g/mol. The highest BCUT2D eigenvalue weighted by Gasteiger charge is 2.25. The SMILES string of the molecule is O=C(CCCC(=O)OCCCc1ccccc1)Nc1ccc(S(=O)(=O)N2CCCCC2)cc1. The van der Waals surface area contributed by atoms with E-state index < -0.39 is 10.0 Å². The van der Waals surface area contributed by atoms with Gasteiger partial charge in [-0.2, -0.15) is 4.31 Å². The molecule has 0 aliphatic carbocycles. The number of carbonyl (C=O) groups is 2. The Balaban J connectivity index is 1.33. The number of anilines is 1. The van der Waals surface area contributed by atoms with Gasteiger partial charge in [-0.3, -0.25) is 9.59 Å². The van der Waals surface area contributed by atoms with Crippen LogP contribution in [-0.4, -0.2) is 44.3 Å². The van der Waals surface area contributed by atoms with Crippen LogP contribution in [0.5, 0.6) is 0 Å². The Morgan fingerprint density at radius 3 is 2.27 bits per heavy atom.